The Hall–Kier alpha value is -3.77. The number of para-hydroxylation sites is 2. The third-order valence-electron chi connectivity index (χ3n) is 4.85. The van der Waals surface area contributed by atoms with Crippen molar-refractivity contribution in [1.82, 2.24) is 0 Å². The number of fused-ring (bicyclic) bond motifs is 1. The molecule has 0 atom stereocenters. The predicted molar refractivity (Wildman–Crippen MR) is 125 cm³/mol. The molecule has 162 valence electrons. The molecule has 6 nitrogen and oxygen atoms in total. The zero-order valence-electron chi connectivity index (χ0n) is 17.5. The van der Waals surface area contributed by atoms with Crippen LogP contribution in [0.4, 0.5) is 5.69 Å². The van der Waals surface area contributed by atoms with Gasteiger partial charge in [0.05, 0.1) is 23.2 Å². The first kappa shape index (κ1) is 21.5. The van der Waals surface area contributed by atoms with Crippen LogP contribution in [0.1, 0.15) is 5.56 Å². The van der Waals surface area contributed by atoms with Crippen LogP contribution in [0, 0.1) is 6.92 Å². The minimum Gasteiger partial charge on any atom is -0.495 e. The number of carbonyl (C=O) groups excluding carboxylic acids is 1. The zero-order valence-corrected chi connectivity index (χ0v) is 18.2. The summed E-state index contributed by atoms with van der Waals surface area (Å²) in [5, 5.41) is 3.47. The van der Waals surface area contributed by atoms with Gasteiger partial charge in [0, 0.05) is 5.56 Å². The van der Waals surface area contributed by atoms with Crippen molar-refractivity contribution in [1.29, 1.82) is 0 Å². The van der Waals surface area contributed by atoms with Crippen molar-refractivity contribution in [3.8, 4) is 22.8 Å². The second-order valence-corrected chi connectivity index (χ2v) is 7.51. The van der Waals surface area contributed by atoms with E-state index in [1.807, 2.05) is 13.0 Å². The molecule has 1 amide bonds. The number of methoxy groups -OCH3 is 1. The Morgan fingerprint density at radius 2 is 1.81 bits per heavy atom. The largest absolute Gasteiger partial charge is 0.495 e. The molecule has 7 heteroatoms. The van der Waals surface area contributed by atoms with E-state index < -0.39 is 12.5 Å². The van der Waals surface area contributed by atoms with E-state index in [-0.39, 0.29) is 16.9 Å². The van der Waals surface area contributed by atoms with Crippen molar-refractivity contribution in [2.24, 2.45) is 0 Å². The van der Waals surface area contributed by atoms with Crippen molar-refractivity contribution >= 4 is 34.2 Å². The van der Waals surface area contributed by atoms with Gasteiger partial charge in [-0.1, -0.05) is 41.9 Å². The van der Waals surface area contributed by atoms with Crippen LogP contribution in [-0.2, 0) is 4.79 Å². The van der Waals surface area contributed by atoms with Gasteiger partial charge in [-0.25, -0.2) is 0 Å². The molecule has 1 heterocycles. The predicted octanol–water partition coefficient (Wildman–Crippen LogP) is 5.45. The number of halogens is 1. The minimum atomic E-state index is -0.456. The molecule has 0 aliphatic rings. The fourth-order valence-electron chi connectivity index (χ4n) is 3.31. The molecule has 0 aliphatic carbocycles. The van der Waals surface area contributed by atoms with Crippen LogP contribution < -0.4 is 20.2 Å². The van der Waals surface area contributed by atoms with Crippen molar-refractivity contribution in [3.63, 3.8) is 0 Å². The number of hydrogen-bond acceptors (Lipinski definition) is 5. The highest BCUT2D eigenvalue weighted by atomic mass is 35.5. The summed E-state index contributed by atoms with van der Waals surface area (Å²) in [6, 6.07) is 19.2. The molecule has 32 heavy (non-hydrogen) atoms. The lowest BCUT2D eigenvalue weighted by Crippen LogP contribution is -2.23. The Morgan fingerprint density at radius 1 is 1.06 bits per heavy atom. The summed E-state index contributed by atoms with van der Waals surface area (Å²) in [5.74, 6) is 0.148. The SMILES string of the molecule is COc1ccccc1NC(=O)COc1c(-c2ccccc2Cl)oc2cc(C)ccc2c1=O. The van der Waals surface area contributed by atoms with E-state index in [1.54, 1.807) is 60.7 Å². The summed E-state index contributed by atoms with van der Waals surface area (Å²) in [6.45, 7) is 1.50. The van der Waals surface area contributed by atoms with Crippen LogP contribution in [0.3, 0.4) is 0 Å². The third-order valence-corrected chi connectivity index (χ3v) is 5.18. The van der Waals surface area contributed by atoms with E-state index in [9.17, 15) is 9.59 Å². The minimum absolute atomic E-state index is 0.0790. The van der Waals surface area contributed by atoms with Crippen molar-refractivity contribution in [2.45, 2.75) is 6.92 Å². The maximum absolute atomic E-state index is 13.2. The van der Waals surface area contributed by atoms with Crippen LogP contribution in [-0.4, -0.2) is 19.6 Å². The van der Waals surface area contributed by atoms with Crippen LogP contribution in [0.15, 0.2) is 75.9 Å². The number of amides is 1. The van der Waals surface area contributed by atoms with Crippen LogP contribution >= 0.6 is 11.6 Å². The lowest BCUT2D eigenvalue weighted by molar-refractivity contribution is -0.118. The molecule has 0 spiro atoms. The molecule has 0 bridgehead atoms. The monoisotopic (exact) mass is 449 g/mol. The van der Waals surface area contributed by atoms with Gasteiger partial charge < -0.3 is 19.2 Å². The van der Waals surface area contributed by atoms with E-state index in [0.717, 1.165) is 5.56 Å². The number of rotatable bonds is 6. The molecule has 4 rings (SSSR count). The van der Waals surface area contributed by atoms with Gasteiger partial charge in [0.1, 0.15) is 11.3 Å². The van der Waals surface area contributed by atoms with E-state index in [4.69, 9.17) is 25.5 Å². The Morgan fingerprint density at radius 3 is 2.59 bits per heavy atom. The maximum Gasteiger partial charge on any atom is 0.262 e. The Balaban J connectivity index is 1.71. The topological polar surface area (TPSA) is 77.8 Å². The molecule has 0 fully saturated rings. The molecule has 1 N–H and O–H groups in total. The van der Waals surface area contributed by atoms with E-state index in [2.05, 4.69) is 5.32 Å². The van der Waals surface area contributed by atoms with Crippen molar-refractivity contribution in [2.75, 3.05) is 19.0 Å². The fourth-order valence-corrected chi connectivity index (χ4v) is 3.53. The average Bonchev–Trinajstić information content (AvgIpc) is 2.79. The number of aryl methyl sites for hydroxylation is 1. The molecule has 4 aromatic rings. The first-order valence-electron chi connectivity index (χ1n) is 9.86. The maximum atomic E-state index is 13.2. The third kappa shape index (κ3) is 4.31. The van der Waals surface area contributed by atoms with Gasteiger partial charge >= 0.3 is 0 Å². The van der Waals surface area contributed by atoms with E-state index >= 15 is 0 Å². The lowest BCUT2D eigenvalue weighted by Gasteiger charge is -2.13. The first-order chi connectivity index (χ1) is 15.5. The van der Waals surface area contributed by atoms with Gasteiger partial charge in [0.15, 0.2) is 12.4 Å². The Bertz CT molecular complexity index is 1360. The van der Waals surface area contributed by atoms with Gasteiger partial charge in [-0.2, -0.15) is 0 Å². The molecule has 0 aliphatic heterocycles. The second kappa shape index (κ2) is 9.16. The number of benzene rings is 3. The molecule has 1 aromatic heterocycles. The molecule has 0 saturated carbocycles. The standard InChI is InChI=1S/C25H20ClNO5/c1-15-11-12-17-21(13-15)32-24(16-7-3-4-8-18(16)26)25(23(17)29)31-14-22(28)27-19-9-5-6-10-20(19)30-2/h3-13H,14H2,1-2H3,(H,27,28). The van der Waals surface area contributed by atoms with Crippen molar-refractivity contribution < 1.29 is 18.7 Å². The summed E-state index contributed by atoms with van der Waals surface area (Å²) < 4.78 is 17.0. The molecule has 0 radical (unpaired) electrons. The number of anilines is 1. The second-order valence-electron chi connectivity index (χ2n) is 7.11. The Labute approximate surface area is 189 Å². The van der Waals surface area contributed by atoms with Crippen molar-refractivity contribution in [3.05, 3.63) is 87.5 Å². The van der Waals surface area contributed by atoms with Crippen LogP contribution in [0.25, 0.3) is 22.3 Å². The quantitative estimate of drug-likeness (QED) is 0.423. The van der Waals surface area contributed by atoms with Crippen LogP contribution in [0.5, 0.6) is 11.5 Å². The molecular formula is C25H20ClNO5. The molecule has 3 aromatic carbocycles. The number of carbonyl (C=O) groups is 1. The number of nitrogens with one attached hydrogen (secondary N) is 1. The lowest BCUT2D eigenvalue weighted by atomic mass is 10.1. The van der Waals surface area contributed by atoms with Gasteiger partial charge in [-0.05, 0) is 48.9 Å². The smallest absolute Gasteiger partial charge is 0.262 e. The first-order valence-corrected chi connectivity index (χ1v) is 10.2. The number of ether oxygens (including phenoxy) is 2. The van der Waals surface area contributed by atoms with Gasteiger partial charge in [-0.3, -0.25) is 9.59 Å². The number of hydrogen-bond donors (Lipinski definition) is 1. The summed E-state index contributed by atoms with van der Waals surface area (Å²) in [4.78, 5) is 25.8. The van der Waals surface area contributed by atoms with E-state index in [1.165, 1.54) is 7.11 Å². The highest BCUT2D eigenvalue weighted by Crippen LogP contribution is 2.35. The van der Waals surface area contributed by atoms with Gasteiger partial charge in [0.2, 0.25) is 11.2 Å². The Kier molecular flexibility index (Phi) is 6.14. The molecular weight excluding hydrogens is 430 g/mol. The van der Waals surface area contributed by atoms with Gasteiger partial charge in [-0.15, -0.1) is 0 Å². The summed E-state index contributed by atoms with van der Waals surface area (Å²) >= 11 is 6.36. The van der Waals surface area contributed by atoms with Crippen LogP contribution in [0.2, 0.25) is 5.02 Å². The summed E-state index contributed by atoms with van der Waals surface area (Å²) in [7, 11) is 1.51. The zero-order chi connectivity index (χ0) is 22.7. The average molecular weight is 450 g/mol. The molecule has 0 saturated heterocycles. The normalized spacial score (nSPS) is 10.7. The summed E-state index contributed by atoms with van der Waals surface area (Å²) in [6.07, 6.45) is 0. The van der Waals surface area contributed by atoms with E-state index in [0.29, 0.717) is 33.0 Å². The highest BCUT2D eigenvalue weighted by Gasteiger charge is 2.21. The van der Waals surface area contributed by atoms with Gasteiger partial charge in [0.25, 0.3) is 5.91 Å². The highest BCUT2D eigenvalue weighted by molar-refractivity contribution is 6.33. The summed E-state index contributed by atoms with van der Waals surface area (Å²) in [5.41, 5.74) is 1.96. The molecule has 0 unspecified atom stereocenters. The fraction of sp³-hybridized carbons (Fsp3) is 0.120.